The van der Waals surface area contributed by atoms with Crippen LogP contribution in [0.3, 0.4) is 0 Å². The number of nitrogens with zero attached hydrogens (tertiary/aromatic N) is 3. The fraction of sp³-hybridized carbons (Fsp3) is 0.581. The zero-order chi connectivity index (χ0) is 28.5. The summed E-state index contributed by atoms with van der Waals surface area (Å²) in [6.45, 7) is 16.3. The van der Waals surface area contributed by atoms with E-state index in [0.29, 0.717) is 13.1 Å². The van der Waals surface area contributed by atoms with E-state index in [1.165, 1.54) is 0 Å². The maximum atomic E-state index is 14.5. The normalized spacial score (nSPS) is 30.5. The van der Waals surface area contributed by atoms with E-state index in [9.17, 15) is 19.5 Å². The minimum atomic E-state index is -0.746. The number of carbonyl (C=O) groups is 3. The summed E-state index contributed by atoms with van der Waals surface area (Å²) in [6, 6.07) is 8.17. The van der Waals surface area contributed by atoms with Gasteiger partial charge in [0.15, 0.2) is 0 Å². The lowest BCUT2D eigenvalue weighted by Gasteiger charge is -2.43. The fourth-order valence-corrected chi connectivity index (χ4v) is 9.58. The standard InChI is InChI=1S/C31H43N3O4S/c1-7-13-21(5)32(16-8-2)30(38)27-31-20(4)18-24(39-31)25(26(31)29(37)34(27)22(6)19-35)28(36)33(17-9-3)23-14-11-10-12-15-23/h8-12,14-15,20-22,24-27,35H,2-3,7,13,16-19H2,1,4-6H3/t20?,21?,22-,24+,25-,26+,27?,31?/m1/s1. The van der Waals surface area contributed by atoms with Gasteiger partial charge in [0.2, 0.25) is 17.7 Å². The predicted octanol–water partition coefficient (Wildman–Crippen LogP) is 4.13. The number of hydrogen-bond acceptors (Lipinski definition) is 5. The molecule has 3 aliphatic rings. The molecule has 0 aliphatic carbocycles. The second kappa shape index (κ2) is 11.9. The first kappa shape index (κ1) is 29.4. The number of anilines is 1. The van der Waals surface area contributed by atoms with Gasteiger partial charge < -0.3 is 19.8 Å². The number of likely N-dealkylation sites (tertiary alicyclic amines) is 1. The molecule has 0 saturated carbocycles. The van der Waals surface area contributed by atoms with Gasteiger partial charge in [0.1, 0.15) is 6.04 Å². The van der Waals surface area contributed by atoms with Crippen molar-refractivity contribution in [2.45, 2.75) is 75.1 Å². The van der Waals surface area contributed by atoms with Gasteiger partial charge in [0.25, 0.3) is 0 Å². The van der Waals surface area contributed by atoms with Crippen molar-refractivity contribution in [2.75, 3.05) is 24.6 Å². The molecule has 1 aromatic rings. The van der Waals surface area contributed by atoms with E-state index in [2.05, 4.69) is 27.0 Å². The molecule has 1 N–H and O–H groups in total. The van der Waals surface area contributed by atoms with Crippen molar-refractivity contribution < 1.29 is 19.5 Å². The number of carbonyl (C=O) groups excluding carboxylic acids is 3. The van der Waals surface area contributed by atoms with Crippen LogP contribution in [0, 0.1) is 17.8 Å². The van der Waals surface area contributed by atoms with Gasteiger partial charge in [0.05, 0.1) is 29.2 Å². The van der Waals surface area contributed by atoms with E-state index in [-0.39, 0.29) is 41.5 Å². The first-order valence-corrected chi connectivity index (χ1v) is 15.1. The third kappa shape index (κ3) is 4.73. The predicted molar refractivity (Wildman–Crippen MR) is 157 cm³/mol. The van der Waals surface area contributed by atoms with Gasteiger partial charge in [-0.3, -0.25) is 14.4 Å². The maximum absolute atomic E-state index is 14.5. The molecule has 4 rings (SSSR count). The molecular weight excluding hydrogens is 510 g/mol. The summed E-state index contributed by atoms with van der Waals surface area (Å²) in [6.07, 6.45) is 5.97. The van der Waals surface area contributed by atoms with Gasteiger partial charge in [-0.1, -0.05) is 50.6 Å². The zero-order valence-electron chi connectivity index (χ0n) is 23.7. The van der Waals surface area contributed by atoms with Crippen LogP contribution in [0.25, 0.3) is 0 Å². The van der Waals surface area contributed by atoms with Gasteiger partial charge in [-0.15, -0.1) is 24.9 Å². The number of aliphatic hydroxyl groups is 1. The zero-order valence-corrected chi connectivity index (χ0v) is 24.5. The Morgan fingerprint density at radius 3 is 2.44 bits per heavy atom. The van der Waals surface area contributed by atoms with Crippen LogP contribution >= 0.6 is 11.8 Å². The highest BCUT2D eigenvalue weighted by Crippen LogP contribution is 2.69. The number of aliphatic hydroxyl groups excluding tert-OH is 1. The fourth-order valence-electron chi connectivity index (χ4n) is 7.18. The van der Waals surface area contributed by atoms with E-state index in [4.69, 9.17) is 0 Å². The largest absolute Gasteiger partial charge is 0.394 e. The van der Waals surface area contributed by atoms with Crippen LogP contribution in [0.4, 0.5) is 5.69 Å². The molecule has 3 amide bonds. The Morgan fingerprint density at radius 2 is 1.85 bits per heavy atom. The SMILES string of the molecule is C=CCN(C(=O)[C@@H]1[C@@H]2CC(C)C3(S2)C(C(=O)N(CC=C)C(C)CCC)N([C@H](C)CO)C(=O)[C@H]13)c1ccccc1. The number of rotatable bonds is 12. The van der Waals surface area contributed by atoms with Crippen LogP contribution in [0.2, 0.25) is 0 Å². The number of thioether (sulfide) groups is 1. The summed E-state index contributed by atoms with van der Waals surface area (Å²) < 4.78 is -0.732. The lowest BCUT2D eigenvalue weighted by Crippen LogP contribution is -2.60. The molecule has 3 saturated heterocycles. The Hall–Kier alpha value is -2.58. The van der Waals surface area contributed by atoms with Crippen LogP contribution in [-0.4, -0.2) is 80.4 Å². The van der Waals surface area contributed by atoms with Crippen molar-refractivity contribution in [1.82, 2.24) is 9.80 Å². The summed E-state index contributed by atoms with van der Waals surface area (Å²) in [5, 5.41) is 10.1. The second-order valence-electron chi connectivity index (χ2n) is 11.3. The van der Waals surface area contributed by atoms with Crippen molar-refractivity contribution in [3.63, 3.8) is 0 Å². The van der Waals surface area contributed by atoms with Crippen molar-refractivity contribution in [3.8, 4) is 0 Å². The first-order valence-electron chi connectivity index (χ1n) is 14.2. The minimum absolute atomic E-state index is 0.0187. The smallest absolute Gasteiger partial charge is 0.247 e. The average Bonchev–Trinajstić information content (AvgIpc) is 3.53. The van der Waals surface area contributed by atoms with E-state index >= 15 is 0 Å². The Morgan fingerprint density at radius 1 is 1.18 bits per heavy atom. The molecule has 8 heteroatoms. The average molecular weight is 554 g/mol. The molecule has 3 aliphatic heterocycles. The van der Waals surface area contributed by atoms with Crippen LogP contribution < -0.4 is 4.90 Å². The van der Waals surface area contributed by atoms with E-state index in [0.717, 1.165) is 24.9 Å². The summed E-state index contributed by atoms with van der Waals surface area (Å²) in [5.41, 5.74) is 0.765. The minimum Gasteiger partial charge on any atom is -0.394 e. The lowest BCUT2D eigenvalue weighted by atomic mass is 9.65. The van der Waals surface area contributed by atoms with Gasteiger partial charge >= 0.3 is 0 Å². The van der Waals surface area contributed by atoms with Crippen molar-refractivity contribution in [1.29, 1.82) is 0 Å². The van der Waals surface area contributed by atoms with Crippen molar-refractivity contribution >= 4 is 35.2 Å². The third-order valence-corrected chi connectivity index (χ3v) is 11.0. The van der Waals surface area contributed by atoms with Crippen molar-refractivity contribution in [2.24, 2.45) is 17.8 Å². The van der Waals surface area contributed by atoms with Gasteiger partial charge in [-0.25, -0.2) is 0 Å². The number of fused-ring (bicyclic) bond motifs is 1. The molecule has 3 heterocycles. The highest BCUT2D eigenvalue weighted by Gasteiger charge is 2.76. The summed E-state index contributed by atoms with van der Waals surface area (Å²) >= 11 is 1.67. The monoisotopic (exact) mass is 553 g/mol. The number of benzene rings is 1. The third-order valence-electron chi connectivity index (χ3n) is 8.93. The van der Waals surface area contributed by atoms with Crippen LogP contribution in [0.1, 0.15) is 47.0 Å². The molecule has 212 valence electrons. The Bertz CT molecular complexity index is 1100. The van der Waals surface area contributed by atoms with Crippen molar-refractivity contribution in [3.05, 3.63) is 55.6 Å². The molecule has 8 atom stereocenters. The number of para-hydroxylation sites is 1. The van der Waals surface area contributed by atoms with Crippen LogP contribution in [0.15, 0.2) is 55.6 Å². The maximum Gasteiger partial charge on any atom is 0.247 e. The molecular formula is C31H43N3O4S. The summed E-state index contributed by atoms with van der Waals surface area (Å²) in [7, 11) is 0. The lowest BCUT2D eigenvalue weighted by molar-refractivity contribution is -0.146. The molecule has 39 heavy (non-hydrogen) atoms. The van der Waals surface area contributed by atoms with E-state index in [1.54, 1.807) is 40.6 Å². The highest BCUT2D eigenvalue weighted by molar-refractivity contribution is 8.02. The van der Waals surface area contributed by atoms with Crippen LogP contribution in [0.5, 0.6) is 0 Å². The molecule has 7 nitrogen and oxygen atoms in total. The number of hydrogen-bond donors (Lipinski definition) is 1. The Kier molecular flexibility index (Phi) is 8.96. The Balaban J connectivity index is 1.80. The summed E-state index contributed by atoms with van der Waals surface area (Å²) in [4.78, 5) is 48.4. The molecule has 1 aromatic carbocycles. The van der Waals surface area contributed by atoms with E-state index < -0.39 is 28.7 Å². The molecule has 2 bridgehead atoms. The highest BCUT2D eigenvalue weighted by atomic mass is 32.2. The van der Waals surface area contributed by atoms with E-state index in [1.807, 2.05) is 42.2 Å². The molecule has 4 unspecified atom stereocenters. The molecule has 0 radical (unpaired) electrons. The first-order chi connectivity index (χ1) is 18.7. The molecule has 1 spiro atoms. The second-order valence-corrected chi connectivity index (χ2v) is 12.9. The van der Waals surface area contributed by atoms with Gasteiger partial charge in [-0.05, 0) is 44.7 Å². The van der Waals surface area contributed by atoms with Crippen LogP contribution in [-0.2, 0) is 14.4 Å². The molecule has 0 aromatic heterocycles. The van der Waals surface area contributed by atoms with Gasteiger partial charge in [0, 0.05) is 30.1 Å². The number of amides is 3. The topological polar surface area (TPSA) is 81.2 Å². The quantitative estimate of drug-likeness (QED) is 0.394. The Labute approximate surface area is 237 Å². The van der Waals surface area contributed by atoms with Gasteiger partial charge in [-0.2, -0.15) is 0 Å². The summed E-state index contributed by atoms with van der Waals surface area (Å²) in [5.74, 6) is -1.51. The molecule has 3 fully saturated rings.